The monoisotopic (exact) mass is 271 g/mol. The molecule has 0 unspecified atom stereocenters. The SMILES string of the molecule is COC(=O)c1c(C(F)(F)F)[nH]c(C(F)F)cc1=O. The lowest BCUT2D eigenvalue weighted by molar-refractivity contribution is -0.142. The highest BCUT2D eigenvalue weighted by molar-refractivity contribution is 5.90. The molecule has 1 heterocycles. The summed E-state index contributed by atoms with van der Waals surface area (Å²) in [4.78, 5) is 23.6. The average Bonchev–Trinajstić information content (AvgIpc) is 2.25. The first-order valence-corrected chi connectivity index (χ1v) is 4.39. The van der Waals surface area contributed by atoms with Crippen LogP contribution in [-0.4, -0.2) is 18.1 Å². The van der Waals surface area contributed by atoms with Gasteiger partial charge in [-0.25, -0.2) is 13.6 Å². The second kappa shape index (κ2) is 4.75. The van der Waals surface area contributed by atoms with E-state index in [0.29, 0.717) is 0 Å². The molecule has 0 bridgehead atoms. The van der Waals surface area contributed by atoms with Crippen molar-refractivity contribution in [1.82, 2.24) is 4.98 Å². The van der Waals surface area contributed by atoms with Crippen molar-refractivity contribution < 1.29 is 31.5 Å². The minimum Gasteiger partial charge on any atom is -0.465 e. The topological polar surface area (TPSA) is 59.2 Å². The van der Waals surface area contributed by atoms with E-state index in [9.17, 15) is 31.5 Å². The minimum absolute atomic E-state index is 0.228. The van der Waals surface area contributed by atoms with Gasteiger partial charge in [-0.05, 0) is 0 Å². The number of halogens is 5. The van der Waals surface area contributed by atoms with Gasteiger partial charge in [0.2, 0.25) is 0 Å². The Morgan fingerprint density at radius 1 is 1.39 bits per heavy atom. The summed E-state index contributed by atoms with van der Waals surface area (Å²) in [6.07, 6.45) is -8.46. The summed E-state index contributed by atoms with van der Waals surface area (Å²) in [6, 6.07) is 0.228. The molecular formula is C9H6F5NO3. The van der Waals surface area contributed by atoms with Gasteiger partial charge in [0.15, 0.2) is 5.43 Å². The van der Waals surface area contributed by atoms with Crippen LogP contribution in [0.5, 0.6) is 0 Å². The number of carbonyl (C=O) groups excluding carboxylic acids is 1. The Balaban J connectivity index is 3.61. The number of alkyl halides is 5. The Morgan fingerprint density at radius 2 is 1.94 bits per heavy atom. The van der Waals surface area contributed by atoms with Gasteiger partial charge in [0.25, 0.3) is 6.43 Å². The number of rotatable bonds is 2. The zero-order chi connectivity index (χ0) is 14.1. The number of aromatic nitrogens is 1. The molecule has 1 N–H and O–H groups in total. The van der Waals surface area contributed by atoms with Crippen molar-refractivity contribution in [3.05, 3.63) is 33.2 Å². The number of esters is 1. The van der Waals surface area contributed by atoms with Crippen molar-refractivity contribution in [2.75, 3.05) is 7.11 Å². The lowest BCUT2D eigenvalue weighted by Gasteiger charge is -2.12. The predicted molar refractivity (Wildman–Crippen MR) is 48.4 cm³/mol. The lowest BCUT2D eigenvalue weighted by Crippen LogP contribution is -2.26. The van der Waals surface area contributed by atoms with Gasteiger partial charge in [-0.15, -0.1) is 0 Å². The maximum atomic E-state index is 12.5. The van der Waals surface area contributed by atoms with Crippen LogP contribution in [0, 0.1) is 0 Å². The summed E-state index contributed by atoms with van der Waals surface area (Å²) >= 11 is 0. The molecule has 0 atom stereocenters. The number of aromatic amines is 1. The van der Waals surface area contributed by atoms with Crippen molar-refractivity contribution in [3.8, 4) is 0 Å². The fraction of sp³-hybridized carbons (Fsp3) is 0.333. The van der Waals surface area contributed by atoms with Gasteiger partial charge in [-0.3, -0.25) is 4.79 Å². The van der Waals surface area contributed by atoms with Gasteiger partial charge in [-0.2, -0.15) is 13.2 Å². The molecule has 4 nitrogen and oxygen atoms in total. The maximum Gasteiger partial charge on any atom is 0.432 e. The third-order valence-electron chi connectivity index (χ3n) is 1.96. The molecule has 0 amide bonds. The summed E-state index contributed by atoms with van der Waals surface area (Å²) in [6.45, 7) is 0. The second-order valence-corrected chi connectivity index (χ2v) is 3.13. The summed E-state index contributed by atoms with van der Waals surface area (Å²) in [5.74, 6) is -1.55. The average molecular weight is 271 g/mol. The van der Waals surface area contributed by atoms with Gasteiger partial charge >= 0.3 is 12.1 Å². The van der Waals surface area contributed by atoms with Crippen LogP contribution in [0.25, 0.3) is 0 Å². The molecule has 0 spiro atoms. The summed E-state index contributed by atoms with van der Waals surface area (Å²) in [5.41, 5.74) is -5.91. The molecule has 0 aliphatic rings. The molecule has 0 saturated carbocycles. The number of pyridine rings is 1. The van der Waals surface area contributed by atoms with Crippen molar-refractivity contribution in [2.45, 2.75) is 12.6 Å². The van der Waals surface area contributed by atoms with E-state index in [0.717, 1.165) is 7.11 Å². The Labute approximate surface area is 96.4 Å². The molecule has 9 heteroatoms. The van der Waals surface area contributed by atoms with E-state index in [1.807, 2.05) is 0 Å². The first-order valence-electron chi connectivity index (χ1n) is 4.39. The van der Waals surface area contributed by atoms with E-state index in [-0.39, 0.29) is 6.07 Å². The van der Waals surface area contributed by atoms with E-state index in [4.69, 9.17) is 0 Å². The second-order valence-electron chi connectivity index (χ2n) is 3.13. The predicted octanol–water partition coefficient (Wildman–Crippen LogP) is 2.12. The molecule has 0 radical (unpaired) electrons. The Kier molecular flexibility index (Phi) is 3.73. The molecule has 0 aliphatic carbocycles. The third kappa shape index (κ3) is 2.66. The van der Waals surface area contributed by atoms with Crippen LogP contribution in [0.15, 0.2) is 10.9 Å². The standard InChI is InChI=1S/C9H6F5NO3/c1-18-8(17)5-4(16)2-3(7(10)11)15-6(5)9(12,13)14/h2,7H,1H3,(H,15,16). The highest BCUT2D eigenvalue weighted by Crippen LogP contribution is 2.30. The molecule has 0 fully saturated rings. The normalized spacial score (nSPS) is 11.7. The van der Waals surface area contributed by atoms with Crippen molar-refractivity contribution in [2.24, 2.45) is 0 Å². The molecule has 0 aromatic carbocycles. The number of nitrogens with one attached hydrogen (secondary N) is 1. The molecule has 1 aromatic heterocycles. The zero-order valence-corrected chi connectivity index (χ0v) is 8.77. The number of ether oxygens (including phenoxy) is 1. The highest BCUT2D eigenvalue weighted by Gasteiger charge is 2.39. The van der Waals surface area contributed by atoms with E-state index < -0.39 is 41.0 Å². The van der Waals surface area contributed by atoms with Gasteiger partial charge in [0, 0.05) is 6.07 Å². The van der Waals surface area contributed by atoms with Crippen LogP contribution in [-0.2, 0) is 10.9 Å². The van der Waals surface area contributed by atoms with Crippen LogP contribution >= 0.6 is 0 Å². The number of methoxy groups -OCH3 is 1. The maximum absolute atomic E-state index is 12.5. The van der Waals surface area contributed by atoms with Crippen LogP contribution < -0.4 is 5.43 Å². The molecular weight excluding hydrogens is 265 g/mol. The summed E-state index contributed by atoms with van der Waals surface area (Å²) in [5, 5.41) is 0. The summed E-state index contributed by atoms with van der Waals surface area (Å²) in [7, 11) is 0.767. The third-order valence-corrected chi connectivity index (χ3v) is 1.96. The fourth-order valence-electron chi connectivity index (χ4n) is 1.21. The highest BCUT2D eigenvalue weighted by atomic mass is 19.4. The Hall–Kier alpha value is -1.93. The van der Waals surface area contributed by atoms with Crippen LogP contribution in [0.4, 0.5) is 22.0 Å². The number of hydrogen-bond acceptors (Lipinski definition) is 3. The molecule has 0 saturated heterocycles. The number of hydrogen-bond donors (Lipinski definition) is 1. The molecule has 1 aromatic rings. The number of H-pyrrole nitrogens is 1. The fourth-order valence-corrected chi connectivity index (χ4v) is 1.21. The summed E-state index contributed by atoms with van der Waals surface area (Å²) < 4.78 is 66.2. The number of carbonyl (C=O) groups is 1. The molecule has 1 rings (SSSR count). The smallest absolute Gasteiger partial charge is 0.432 e. The van der Waals surface area contributed by atoms with E-state index in [1.165, 1.54) is 4.98 Å². The Morgan fingerprint density at radius 3 is 2.33 bits per heavy atom. The van der Waals surface area contributed by atoms with Crippen molar-refractivity contribution in [3.63, 3.8) is 0 Å². The lowest BCUT2D eigenvalue weighted by atomic mass is 10.1. The van der Waals surface area contributed by atoms with Gasteiger partial charge < -0.3 is 9.72 Å². The van der Waals surface area contributed by atoms with Crippen LogP contribution in [0.2, 0.25) is 0 Å². The zero-order valence-electron chi connectivity index (χ0n) is 8.77. The van der Waals surface area contributed by atoms with Crippen molar-refractivity contribution >= 4 is 5.97 Å². The van der Waals surface area contributed by atoms with Crippen LogP contribution in [0.1, 0.15) is 28.2 Å². The van der Waals surface area contributed by atoms with E-state index >= 15 is 0 Å². The van der Waals surface area contributed by atoms with Gasteiger partial charge in [0.05, 0.1) is 12.8 Å². The first-order chi connectivity index (χ1) is 8.18. The molecule has 100 valence electrons. The van der Waals surface area contributed by atoms with Gasteiger partial charge in [-0.1, -0.05) is 0 Å². The van der Waals surface area contributed by atoms with E-state index in [2.05, 4.69) is 4.74 Å². The Bertz CT molecular complexity index is 520. The first kappa shape index (κ1) is 14.1. The minimum atomic E-state index is -5.16. The van der Waals surface area contributed by atoms with Crippen LogP contribution in [0.3, 0.4) is 0 Å². The molecule has 18 heavy (non-hydrogen) atoms. The molecule has 0 aliphatic heterocycles. The van der Waals surface area contributed by atoms with Crippen molar-refractivity contribution in [1.29, 1.82) is 0 Å². The quantitative estimate of drug-likeness (QED) is 0.662. The van der Waals surface area contributed by atoms with Gasteiger partial charge in [0.1, 0.15) is 11.3 Å². The largest absolute Gasteiger partial charge is 0.465 e. The van der Waals surface area contributed by atoms with E-state index in [1.54, 1.807) is 0 Å².